The largest absolute Gasteiger partial charge is 0.416 e. The third-order valence-corrected chi connectivity index (χ3v) is 6.37. The summed E-state index contributed by atoms with van der Waals surface area (Å²) in [5.41, 5.74) is -3.10. The number of sulfonamides is 1. The van der Waals surface area contributed by atoms with Gasteiger partial charge in [0.2, 0.25) is 5.91 Å². The summed E-state index contributed by atoms with van der Waals surface area (Å²) in [6, 6.07) is 4.08. The Morgan fingerprint density at radius 1 is 1.03 bits per heavy atom. The fourth-order valence-electron chi connectivity index (χ4n) is 3.55. The lowest BCUT2D eigenvalue weighted by atomic mass is 10.1. The van der Waals surface area contributed by atoms with Gasteiger partial charge in [0, 0.05) is 18.2 Å². The molecule has 1 amide bonds. The van der Waals surface area contributed by atoms with Crippen molar-refractivity contribution in [1.29, 1.82) is 0 Å². The Morgan fingerprint density at radius 2 is 1.59 bits per heavy atom. The first-order valence-electron chi connectivity index (χ1n) is 9.40. The molecule has 0 fully saturated rings. The summed E-state index contributed by atoms with van der Waals surface area (Å²) in [4.78, 5) is 13.3. The number of amides is 1. The highest BCUT2D eigenvalue weighted by atomic mass is 32.2. The first-order valence-corrected chi connectivity index (χ1v) is 10.9. The van der Waals surface area contributed by atoms with Gasteiger partial charge in [-0.3, -0.25) is 9.52 Å². The van der Waals surface area contributed by atoms with E-state index in [4.69, 9.17) is 0 Å². The Morgan fingerprint density at radius 3 is 2.09 bits per heavy atom. The zero-order valence-electron chi connectivity index (χ0n) is 16.8. The molecular weight excluding hydrogens is 462 g/mol. The van der Waals surface area contributed by atoms with Crippen molar-refractivity contribution in [3.63, 3.8) is 0 Å². The Labute approximate surface area is 180 Å². The molecule has 2 aromatic rings. The van der Waals surface area contributed by atoms with Crippen molar-refractivity contribution in [3.8, 4) is 0 Å². The molecule has 1 heterocycles. The van der Waals surface area contributed by atoms with E-state index in [0.29, 0.717) is 29.8 Å². The van der Waals surface area contributed by atoms with Crippen molar-refractivity contribution in [2.45, 2.75) is 50.0 Å². The van der Waals surface area contributed by atoms with E-state index in [1.54, 1.807) is 18.6 Å². The lowest BCUT2D eigenvalue weighted by Crippen LogP contribution is -2.35. The number of carbonyl (C=O) groups is 1. The van der Waals surface area contributed by atoms with Gasteiger partial charge in [0.25, 0.3) is 10.0 Å². The predicted octanol–water partition coefficient (Wildman–Crippen LogP) is 5.21. The van der Waals surface area contributed by atoms with E-state index in [1.165, 1.54) is 17.0 Å². The molecule has 0 bridgehead atoms. The van der Waals surface area contributed by atoms with Crippen LogP contribution >= 0.6 is 0 Å². The van der Waals surface area contributed by atoms with E-state index in [1.807, 2.05) is 0 Å². The Kier molecular flexibility index (Phi) is 5.96. The first-order chi connectivity index (χ1) is 14.6. The number of nitrogens with zero attached hydrogens (tertiary/aromatic N) is 1. The predicted molar refractivity (Wildman–Crippen MR) is 105 cm³/mol. The van der Waals surface area contributed by atoms with E-state index in [0.717, 1.165) is 6.07 Å². The number of halogens is 6. The monoisotopic (exact) mass is 480 g/mol. The van der Waals surface area contributed by atoms with Gasteiger partial charge in [0.1, 0.15) is 0 Å². The fraction of sp³-hybridized carbons (Fsp3) is 0.350. The Hall–Kier alpha value is -2.76. The second-order valence-corrected chi connectivity index (χ2v) is 9.04. The maximum absolute atomic E-state index is 13.0. The molecule has 0 spiro atoms. The fourth-order valence-corrected chi connectivity index (χ4v) is 4.64. The molecule has 0 saturated heterocycles. The molecule has 3 rings (SSSR count). The molecular formula is C20H18F6N2O3S. The van der Waals surface area contributed by atoms with Crippen LogP contribution in [-0.2, 0) is 33.6 Å². The van der Waals surface area contributed by atoms with Gasteiger partial charge in [0.15, 0.2) is 0 Å². The number of rotatable bonds is 4. The summed E-state index contributed by atoms with van der Waals surface area (Å²) in [7, 11) is -4.51. The molecule has 1 aliphatic rings. The van der Waals surface area contributed by atoms with E-state index in [9.17, 15) is 39.6 Å². The van der Waals surface area contributed by atoms with Crippen LogP contribution in [0.5, 0.6) is 0 Å². The SMILES string of the molecule is CCC(=O)N1c2ccc(S(=O)(=O)Nc3cc(C(F)(F)F)cc(C(F)(F)F)c3)cc2CC1C. The van der Waals surface area contributed by atoms with E-state index in [-0.39, 0.29) is 29.3 Å². The Balaban J connectivity index is 1.99. The minimum atomic E-state index is -5.11. The second kappa shape index (κ2) is 7.98. The van der Waals surface area contributed by atoms with Crippen molar-refractivity contribution in [1.82, 2.24) is 0 Å². The summed E-state index contributed by atoms with van der Waals surface area (Å²) in [5.74, 6) is -0.159. The summed E-state index contributed by atoms with van der Waals surface area (Å²) in [6.07, 6.45) is -9.63. The van der Waals surface area contributed by atoms with Crippen LogP contribution in [0.15, 0.2) is 41.3 Å². The molecule has 1 unspecified atom stereocenters. The number of carbonyl (C=O) groups excluding carboxylic acids is 1. The van der Waals surface area contributed by atoms with Crippen LogP contribution in [0.25, 0.3) is 0 Å². The quantitative estimate of drug-likeness (QED) is 0.611. The maximum Gasteiger partial charge on any atom is 0.416 e. The van der Waals surface area contributed by atoms with E-state index in [2.05, 4.69) is 0 Å². The first kappa shape index (κ1) is 23.9. The van der Waals surface area contributed by atoms with Gasteiger partial charge >= 0.3 is 12.4 Å². The topological polar surface area (TPSA) is 66.5 Å². The molecule has 12 heteroatoms. The molecule has 1 aliphatic heterocycles. The van der Waals surface area contributed by atoms with Crippen molar-refractivity contribution in [3.05, 3.63) is 53.1 Å². The van der Waals surface area contributed by atoms with Crippen molar-refractivity contribution in [2.75, 3.05) is 9.62 Å². The zero-order valence-corrected chi connectivity index (χ0v) is 17.6. The minimum absolute atomic E-state index is 0.0894. The van der Waals surface area contributed by atoms with Crippen LogP contribution < -0.4 is 9.62 Å². The van der Waals surface area contributed by atoms with Gasteiger partial charge in [-0.2, -0.15) is 26.3 Å². The third-order valence-electron chi connectivity index (χ3n) is 4.99. The second-order valence-electron chi connectivity index (χ2n) is 7.36. The number of alkyl halides is 6. The van der Waals surface area contributed by atoms with Crippen LogP contribution in [-0.4, -0.2) is 20.4 Å². The molecule has 5 nitrogen and oxygen atoms in total. The molecule has 0 aliphatic carbocycles. The van der Waals surface area contributed by atoms with Crippen LogP contribution in [0.1, 0.15) is 37.0 Å². The van der Waals surface area contributed by atoms with Gasteiger partial charge in [-0.15, -0.1) is 0 Å². The number of fused-ring (bicyclic) bond motifs is 1. The number of hydrogen-bond acceptors (Lipinski definition) is 3. The number of hydrogen-bond donors (Lipinski definition) is 1. The molecule has 0 saturated carbocycles. The normalized spacial score (nSPS) is 16.8. The smallest absolute Gasteiger partial charge is 0.309 e. The van der Waals surface area contributed by atoms with Gasteiger partial charge in [-0.25, -0.2) is 8.42 Å². The molecule has 32 heavy (non-hydrogen) atoms. The van der Waals surface area contributed by atoms with Gasteiger partial charge in [0.05, 0.1) is 21.7 Å². The van der Waals surface area contributed by atoms with E-state index < -0.39 is 39.2 Å². The molecule has 174 valence electrons. The highest BCUT2D eigenvalue weighted by Crippen LogP contribution is 2.39. The van der Waals surface area contributed by atoms with Crippen LogP contribution in [0.4, 0.5) is 37.7 Å². The van der Waals surface area contributed by atoms with Gasteiger partial charge in [-0.1, -0.05) is 6.92 Å². The highest BCUT2D eigenvalue weighted by Gasteiger charge is 2.37. The van der Waals surface area contributed by atoms with Gasteiger partial charge in [-0.05, 0) is 55.3 Å². The summed E-state index contributed by atoms with van der Waals surface area (Å²) in [6.45, 7) is 3.46. The van der Waals surface area contributed by atoms with Crippen molar-refractivity contribution < 1.29 is 39.6 Å². The standard InChI is InChI=1S/C20H18F6N2O3S/c1-3-18(29)28-11(2)6-12-7-16(4-5-17(12)28)32(30,31)27-15-9-13(19(21,22)23)8-14(10-15)20(24,25)26/h4-5,7-11,27H,3,6H2,1-2H3. The molecule has 1 atom stereocenters. The van der Waals surface area contributed by atoms with Crippen molar-refractivity contribution >= 4 is 27.3 Å². The van der Waals surface area contributed by atoms with Crippen LogP contribution in [0.2, 0.25) is 0 Å². The minimum Gasteiger partial charge on any atom is -0.309 e. The van der Waals surface area contributed by atoms with E-state index >= 15 is 0 Å². The van der Waals surface area contributed by atoms with Crippen molar-refractivity contribution in [2.24, 2.45) is 0 Å². The summed E-state index contributed by atoms with van der Waals surface area (Å²) < 4.78 is 105. The lowest BCUT2D eigenvalue weighted by Gasteiger charge is -2.22. The highest BCUT2D eigenvalue weighted by molar-refractivity contribution is 7.92. The lowest BCUT2D eigenvalue weighted by molar-refractivity contribution is -0.143. The average molecular weight is 480 g/mol. The number of anilines is 2. The summed E-state index contributed by atoms with van der Waals surface area (Å²) in [5, 5.41) is 0. The number of nitrogens with one attached hydrogen (secondary N) is 1. The maximum atomic E-state index is 13.0. The molecule has 0 aromatic heterocycles. The summed E-state index contributed by atoms with van der Waals surface area (Å²) >= 11 is 0. The van der Waals surface area contributed by atoms with Crippen LogP contribution in [0.3, 0.4) is 0 Å². The zero-order chi connectivity index (χ0) is 24.1. The third kappa shape index (κ3) is 4.69. The Bertz CT molecular complexity index is 1130. The average Bonchev–Trinajstić information content (AvgIpc) is 3.00. The van der Waals surface area contributed by atoms with Gasteiger partial charge < -0.3 is 4.90 Å². The number of benzene rings is 2. The molecule has 2 aromatic carbocycles. The molecule has 0 radical (unpaired) electrons. The van der Waals surface area contributed by atoms with Crippen LogP contribution in [0, 0.1) is 0 Å². The molecule has 1 N–H and O–H groups in total.